The summed E-state index contributed by atoms with van der Waals surface area (Å²) in [5, 5.41) is 0. The zero-order valence-corrected chi connectivity index (χ0v) is 16.8. The Morgan fingerprint density at radius 2 is 1.24 bits per heavy atom. The lowest BCUT2D eigenvalue weighted by molar-refractivity contribution is 0.101. The first-order valence-corrected chi connectivity index (χ1v) is 9.27. The molecule has 0 aliphatic heterocycles. The van der Waals surface area contributed by atoms with Crippen LogP contribution in [-0.4, -0.2) is 20.0 Å². The standard InChI is InChI=1S/C24H24O5/c1-17(25)20-14-21(26-2)23(29-16-19-12-8-5-9-13-19)24(27-3)22(20)28-15-18-10-6-4-7-11-18/h4-14H,15-16H2,1-3H3. The zero-order valence-electron chi connectivity index (χ0n) is 16.8. The van der Waals surface area contributed by atoms with E-state index >= 15 is 0 Å². The molecule has 0 radical (unpaired) electrons. The average molecular weight is 392 g/mol. The number of rotatable bonds is 9. The van der Waals surface area contributed by atoms with Gasteiger partial charge in [-0.3, -0.25) is 4.79 Å². The van der Waals surface area contributed by atoms with Crippen LogP contribution in [0.15, 0.2) is 66.7 Å². The maximum Gasteiger partial charge on any atom is 0.208 e. The summed E-state index contributed by atoms with van der Waals surface area (Å²) >= 11 is 0. The van der Waals surface area contributed by atoms with Crippen molar-refractivity contribution in [2.45, 2.75) is 20.1 Å². The minimum absolute atomic E-state index is 0.153. The number of ketones is 1. The molecule has 0 saturated carbocycles. The molecule has 3 aromatic rings. The van der Waals surface area contributed by atoms with Crippen molar-refractivity contribution >= 4 is 5.78 Å². The number of carbonyl (C=O) groups is 1. The van der Waals surface area contributed by atoms with Crippen molar-refractivity contribution in [3.8, 4) is 23.0 Å². The number of ether oxygens (including phenoxy) is 4. The molecule has 0 atom stereocenters. The summed E-state index contributed by atoms with van der Waals surface area (Å²) in [6, 6.07) is 21.1. The summed E-state index contributed by atoms with van der Waals surface area (Å²) in [7, 11) is 3.04. The van der Waals surface area contributed by atoms with E-state index < -0.39 is 0 Å². The molecule has 0 aliphatic carbocycles. The van der Waals surface area contributed by atoms with Crippen LogP contribution < -0.4 is 18.9 Å². The molecule has 5 heteroatoms. The molecular formula is C24H24O5. The van der Waals surface area contributed by atoms with E-state index in [1.165, 1.54) is 21.1 Å². The Labute approximate surface area is 170 Å². The van der Waals surface area contributed by atoms with Crippen LogP contribution in [0.25, 0.3) is 0 Å². The van der Waals surface area contributed by atoms with Gasteiger partial charge in [0, 0.05) is 0 Å². The molecular weight excluding hydrogens is 368 g/mol. The van der Waals surface area contributed by atoms with Crippen molar-refractivity contribution in [3.63, 3.8) is 0 Å². The van der Waals surface area contributed by atoms with Crippen molar-refractivity contribution in [3.05, 3.63) is 83.4 Å². The molecule has 0 saturated heterocycles. The normalized spacial score (nSPS) is 10.3. The van der Waals surface area contributed by atoms with Gasteiger partial charge in [0.15, 0.2) is 17.3 Å². The Morgan fingerprint density at radius 3 is 1.69 bits per heavy atom. The van der Waals surface area contributed by atoms with Gasteiger partial charge in [-0.25, -0.2) is 0 Å². The number of hydrogen-bond donors (Lipinski definition) is 0. The molecule has 0 fully saturated rings. The molecule has 0 bridgehead atoms. The van der Waals surface area contributed by atoms with Crippen molar-refractivity contribution in [2.24, 2.45) is 0 Å². The van der Waals surface area contributed by atoms with Gasteiger partial charge in [0.1, 0.15) is 13.2 Å². The minimum atomic E-state index is -0.153. The van der Waals surface area contributed by atoms with E-state index in [2.05, 4.69) is 0 Å². The van der Waals surface area contributed by atoms with E-state index in [0.717, 1.165) is 11.1 Å². The van der Waals surface area contributed by atoms with E-state index in [4.69, 9.17) is 18.9 Å². The second-order valence-corrected chi connectivity index (χ2v) is 6.42. The van der Waals surface area contributed by atoms with Crippen LogP contribution in [0, 0.1) is 0 Å². The molecule has 150 valence electrons. The van der Waals surface area contributed by atoms with Gasteiger partial charge in [0.25, 0.3) is 0 Å². The number of benzene rings is 3. The Bertz CT molecular complexity index is 952. The third-order valence-corrected chi connectivity index (χ3v) is 4.41. The predicted octanol–water partition coefficient (Wildman–Crippen LogP) is 5.06. The van der Waals surface area contributed by atoms with E-state index in [-0.39, 0.29) is 5.78 Å². The van der Waals surface area contributed by atoms with Crippen LogP contribution in [0.4, 0.5) is 0 Å². The van der Waals surface area contributed by atoms with Crippen LogP contribution in [0.3, 0.4) is 0 Å². The molecule has 0 aromatic heterocycles. The fourth-order valence-corrected chi connectivity index (χ4v) is 2.94. The maximum absolute atomic E-state index is 12.3. The number of Topliss-reactive ketones (excluding diaryl/α,β-unsaturated/α-hetero) is 1. The van der Waals surface area contributed by atoms with Gasteiger partial charge in [-0.1, -0.05) is 60.7 Å². The minimum Gasteiger partial charge on any atom is -0.493 e. The second-order valence-electron chi connectivity index (χ2n) is 6.42. The van der Waals surface area contributed by atoms with E-state index in [0.29, 0.717) is 41.8 Å². The summed E-state index contributed by atoms with van der Waals surface area (Å²) in [4.78, 5) is 12.3. The van der Waals surface area contributed by atoms with Crippen molar-refractivity contribution in [1.29, 1.82) is 0 Å². The first kappa shape index (κ1) is 20.3. The van der Waals surface area contributed by atoms with Gasteiger partial charge in [-0.15, -0.1) is 0 Å². The van der Waals surface area contributed by atoms with Gasteiger partial charge >= 0.3 is 0 Å². The third-order valence-electron chi connectivity index (χ3n) is 4.41. The van der Waals surface area contributed by atoms with E-state index in [1.54, 1.807) is 6.07 Å². The Morgan fingerprint density at radius 1 is 0.724 bits per heavy atom. The molecule has 5 nitrogen and oxygen atoms in total. The molecule has 0 heterocycles. The summed E-state index contributed by atoms with van der Waals surface area (Å²) in [5.41, 5.74) is 2.35. The fraction of sp³-hybridized carbons (Fsp3) is 0.208. The number of carbonyl (C=O) groups excluding carboxylic acids is 1. The second kappa shape index (κ2) is 9.64. The third kappa shape index (κ3) is 4.88. The molecule has 0 aliphatic rings. The van der Waals surface area contributed by atoms with Crippen LogP contribution in [0.1, 0.15) is 28.4 Å². The monoisotopic (exact) mass is 392 g/mol. The first-order valence-electron chi connectivity index (χ1n) is 9.27. The average Bonchev–Trinajstić information content (AvgIpc) is 2.76. The van der Waals surface area contributed by atoms with Crippen molar-refractivity contribution in [1.82, 2.24) is 0 Å². The van der Waals surface area contributed by atoms with E-state index in [1.807, 2.05) is 60.7 Å². The zero-order chi connectivity index (χ0) is 20.6. The molecule has 3 rings (SSSR count). The first-order chi connectivity index (χ1) is 14.1. The van der Waals surface area contributed by atoms with Crippen LogP contribution in [0.2, 0.25) is 0 Å². The smallest absolute Gasteiger partial charge is 0.208 e. The van der Waals surface area contributed by atoms with E-state index in [9.17, 15) is 4.79 Å². The fourth-order valence-electron chi connectivity index (χ4n) is 2.94. The molecule has 0 spiro atoms. The highest BCUT2D eigenvalue weighted by Crippen LogP contribution is 2.47. The lowest BCUT2D eigenvalue weighted by Gasteiger charge is -2.20. The molecule has 29 heavy (non-hydrogen) atoms. The van der Waals surface area contributed by atoms with Gasteiger partial charge in [-0.2, -0.15) is 0 Å². The molecule has 3 aromatic carbocycles. The Kier molecular flexibility index (Phi) is 6.74. The maximum atomic E-state index is 12.3. The van der Waals surface area contributed by atoms with Gasteiger partial charge in [-0.05, 0) is 24.1 Å². The van der Waals surface area contributed by atoms with Gasteiger partial charge in [0.2, 0.25) is 11.5 Å². The van der Waals surface area contributed by atoms with Gasteiger partial charge in [0.05, 0.1) is 19.8 Å². The SMILES string of the molecule is COc1cc(C(C)=O)c(OCc2ccccc2)c(OC)c1OCc1ccccc1. The van der Waals surface area contributed by atoms with Gasteiger partial charge < -0.3 is 18.9 Å². The summed E-state index contributed by atoms with van der Waals surface area (Å²) in [5.74, 6) is 1.33. The lowest BCUT2D eigenvalue weighted by Crippen LogP contribution is -2.07. The predicted molar refractivity (Wildman–Crippen MR) is 111 cm³/mol. The lowest BCUT2D eigenvalue weighted by atomic mass is 10.1. The molecule has 0 amide bonds. The molecule has 0 N–H and O–H groups in total. The topological polar surface area (TPSA) is 54.0 Å². The Hall–Kier alpha value is -3.47. The highest BCUT2D eigenvalue weighted by molar-refractivity contribution is 5.99. The van der Waals surface area contributed by atoms with Crippen LogP contribution >= 0.6 is 0 Å². The number of methoxy groups -OCH3 is 2. The number of hydrogen-bond acceptors (Lipinski definition) is 5. The summed E-state index contributed by atoms with van der Waals surface area (Å²) < 4.78 is 23.1. The van der Waals surface area contributed by atoms with Crippen LogP contribution in [0.5, 0.6) is 23.0 Å². The van der Waals surface area contributed by atoms with Crippen LogP contribution in [-0.2, 0) is 13.2 Å². The molecule has 0 unspecified atom stereocenters. The summed E-state index contributed by atoms with van der Waals surface area (Å²) in [6.45, 7) is 2.10. The highest BCUT2D eigenvalue weighted by atomic mass is 16.5. The van der Waals surface area contributed by atoms with Crippen molar-refractivity contribution < 1.29 is 23.7 Å². The summed E-state index contributed by atoms with van der Waals surface area (Å²) in [6.07, 6.45) is 0. The largest absolute Gasteiger partial charge is 0.493 e. The van der Waals surface area contributed by atoms with Crippen molar-refractivity contribution in [2.75, 3.05) is 14.2 Å². The highest BCUT2D eigenvalue weighted by Gasteiger charge is 2.25. The Balaban J connectivity index is 1.98. The quantitative estimate of drug-likeness (QED) is 0.476.